The normalized spacial score (nSPS) is 15.8. The molecule has 5 heteroatoms. The van der Waals surface area contributed by atoms with E-state index in [0.717, 1.165) is 68.0 Å². The predicted molar refractivity (Wildman–Crippen MR) is 94.0 cm³/mol. The van der Waals surface area contributed by atoms with Gasteiger partial charge in [0, 0.05) is 36.7 Å². The summed E-state index contributed by atoms with van der Waals surface area (Å²) in [5.74, 6) is 0.785. The van der Waals surface area contributed by atoms with Crippen molar-refractivity contribution in [1.29, 1.82) is 0 Å². The van der Waals surface area contributed by atoms with Gasteiger partial charge in [-0.3, -0.25) is 4.90 Å². The van der Waals surface area contributed by atoms with Crippen molar-refractivity contribution in [3.63, 3.8) is 0 Å². The topological polar surface area (TPSA) is 51.9 Å². The van der Waals surface area contributed by atoms with Crippen LogP contribution in [0.15, 0.2) is 27.4 Å². The van der Waals surface area contributed by atoms with Crippen LogP contribution in [-0.4, -0.2) is 44.4 Å². The largest absolute Gasteiger partial charge is 0.492 e. The lowest BCUT2D eigenvalue weighted by Crippen LogP contribution is -2.38. The molecule has 0 radical (unpaired) electrons. The summed E-state index contributed by atoms with van der Waals surface area (Å²) in [5, 5.41) is 1.01. The third-order valence-corrected chi connectivity index (χ3v) is 4.49. The molecule has 0 spiro atoms. The number of nitrogens with zero attached hydrogens (tertiary/aromatic N) is 1. The maximum absolute atomic E-state index is 11.8. The van der Waals surface area contributed by atoms with Crippen LogP contribution < -0.4 is 10.4 Å². The van der Waals surface area contributed by atoms with Gasteiger partial charge < -0.3 is 13.9 Å². The molecule has 3 rings (SSSR count). The quantitative estimate of drug-likeness (QED) is 0.762. The molecule has 1 aliphatic heterocycles. The maximum atomic E-state index is 11.8. The Bertz CT molecular complexity index is 747. The predicted octanol–water partition coefficient (Wildman–Crippen LogP) is 2.76. The molecule has 1 aliphatic rings. The van der Waals surface area contributed by atoms with Crippen LogP contribution in [0.1, 0.15) is 24.5 Å². The fourth-order valence-corrected chi connectivity index (χ4v) is 3.15. The monoisotopic (exact) mass is 331 g/mol. The smallest absolute Gasteiger partial charge is 0.336 e. The zero-order chi connectivity index (χ0) is 16.9. The lowest BCUT2D eigenvalue weighted by atomic mass is 10.0. The molecule has 0 unspecified atom stereocenters. The lowest BCUT2D eigenvalue weighted by molar-refractivity contribution is 0.0322. The minimum atomic E-state index is -0.292. The summed E-state index contributed by atoms with van der Waals surface area (Å²) < 4.78 is 16.7. The standard InChI is InChI=1S/C19H25NO4/c1-3-4-15-13-18(21)24-19-14(2)17(6-5-16(15)19)23-12-9-20-7-10-22-11-8-20/h5-6,13H,3-4,7-12H2,1-2H3. The molecule has 2 heterocycles. The number of rotatable bonds is 6. The Labute approximate surface area is 142 Å². The molecule has 0 amide bonds. The van der Waals surface area contributed by atoms with Crippen molar-refractivity contribution in [3.05, 3.63) is 39.7 Å². The third-order valence-electron chi connectivity index (χ3n) is 4.49. The summed E-state index contributed by atoms with van der Waals surface area (Å²) in [6.07, 6.45) is 1.87. The molecule has 0 atom stereocenters. The van der Waals surface area contributed by atoms with Crippen LogP contribution in [0, 0.1) is 6.92 Å². The van der Waals surface area contributed by atoms with Crippen molar-refractivity contribution in [2.75, 3.05) is 39.5 Å². The zero-order valence-corrected chi connectivity index (χ0v) is 14.5. The van der Waals surface area contributed by atoms with Gasteiger partial charge >= 0.3 is 5.63 Å². The van der Waals surface area contributed by atoms with Gasteiger partial charge in [-0.25, -0.2) is 4.79 Å². The highest BCUT2D eigenvalue weighted by atomic mass is 16.5. The average molecular weight is 331 g/mol. The molecule has 0 bridgehead atoms. The van der Waals surface area contributed by atoms with Crippen molar-refractivity contribution in [2.45, 2.75) is 26.7 Å². The zero-order valence-electron chi connectivity index (χ0n) is 14.5. The van der Waals surface area contributed by atoms with E-state index in [1.54, 1.807) is 6.07 Å². The summed E-state index contributed by atoms with van der Waals surface area (Å²) in [5.41, 5.74) is 2.30. The molecule has 0 N–H and O–H groups in total. The second-order valence-electron chi connectivity index (χ2n) is 6.21. The average Bonchev–Trinajstić information content (AvgIpc) is 2.59. The number of benzene rings is 1. The van der Waals surface area contributed by atoms with Gasteiger partial charge in [0.1, 0.15) is 17.9 Å². The van der Waals surface area contributed by atoms with E-state index in [1.165, 1.54) is 0 Å². The number of hydrogen-bond donors (Lipinski definition) is 0. The number of morpholine rings is 1. The Balaban J connectivity index is 1.76. The second-order valence-corrected chi connectivity index (χ2v) is 6.21. The lowest BCUT2D eigenvalue weighted by Gasteiger charge is -2.26. The summed E-state index contributed by atoms with van der Waals surface area (Å²) in [7, 11) is 0. The van der Waals surface area contributed by atoms with E-state index in [1.807, 2.05) is 19.1 Å². The van der Waals surface area contributed by atoms with E-state index in [4.69, 9.17) is 13.9 Å². The van der Waals surface area contributed by atoms with Gasteiger partial charge in [0.05, 0.1) is 13.2 Å². The van der Waals surface area contributed by atoms with Crippen LogP contribution in [0.5, 0.6) is 5.75 Å². The molecule has 1 fully saturated rings. The van der Waals surface area contributed by atoms with Crippen LogP contribution >= 0.6 is 0 Å². The SMILES string of the molecule is CCCc1cc(=O)oc2c(C)c(OCCN3CCOCC3)ccc12. The molecule has 5 nitrogen and oxygen atoms in total. The number of fused-ring (bicyclic) bond motifs is 1. The van der Waals surface area contributed by atoms with Gasteiger partial charge in [0.2, 0.25) is 0 Å². The minimum absolute atomic E-state index is 0.292. The van der Waals surface area contributed by atoms with E-state index in [0.29, 0.717) is 12.2 Å². The maximum Gasteiger partial charge on any atom is 0.336 e. The summed E-state index contributed by atoms with van der Waals surface area (Å²) in [6, 6.07) is 5.58. The first-order valence-electron chi connectivity index (χ1n) is 8.68. The van der Waals surface area contributed by atoms with Gasteiger partial charge in [-0.05, 0) is 31.0 Å². The molecule has 24 heavy (non-hydrogen) atoms. The first kappa shape index (κ1) is 17.0. The van der Waals surface area contributed by atoms with E-state index < -0.39 is 0 Å². The summed E-state index contributed by atoms with van der Waals surface area (Å²) >= 11 is 0. The fourth-order valence-electron chi connectivity index (χ4n) is 3.15. The van der Waals surface area contributed by atoms with E-state index in [2.05, 4.69) is 11.8 Å². The van der Waals surface area contributed by atoms with Crippen LogP contribution in [0.3, 0.4) is 0 Å². The first-order valence-corrected chi connectivity index (χ1v) is 8.68. The minimum Gasteiger partial charge on any atom is -0.492 e. The van der Waals surface area contributed by atoms with Crippen molar-refractivity contribution in [3.8, 4) is 5.75 Å². The molecule has 1 saturated heterocycles. The van der Waals surface area contributed by atoms with Crippen LogP contribution in [0.4, 0.5) is 0 Å². The van der Waals surface area contributed by atoms with Crippen molar-refractivity contribution < 1.29 is 13.9 Å². The van der Waals surface area contributed by atoms with Crippen LogP contribution in [0.2, 0.25) is 0 Å². The number of ether oxygens (including phenoxy) is 2. The highest BCUT2D eigenvalue weighted by Crippen LogP contribution is 2.28. The number of aryl methyl sites for hydroxylation is 2. The van der Waals surface area contributed by atoms with Gasteiger partial charge in [0.25, 0.3) is 0 Å². The van der Waals surface area contributed by atoms with Gasteiger partial charge in [0.15, 0.2) is 0 Å². The molecule has 1 aromatic heterocycles. The van der Waals surface area contributed by atoms with Gasteiger partial charge in [-0.15, -0.1) is 0 Å². The van der Waals surface area contributed by atoms with E-state index in [9.17, 15) is 4.79 Å². The summed E-state index contributed by atoms with van der Waals surface area (Å²) in [6.45, 7) is 9.04. The van der Waals surface area contributed by atoms with E-state index >= 15 is 0 Å². The fraction of sp³-hybridized carbons (Fsp3) is 0.526. The highest BCUT2D eigenvalue weighted by molar-refractivity contribution is 5.84. The van der Waals surface area contributed by atoms with Crippen molar-refractivity contribution in [2.24, 2.45) is 0 Å². The van der Waals surface area contributed by atoms with Crippen molar-refractivity contribution >= 4 is 11.0 Å². The van der Waals surface area contributed by atoms with Crippen LogP contribution in [-0.2, 0) is 11.2 Å². The molecule has 1 aromatic carbocycles. The van der Waals surface area contributed by atoms with Gasteiger partial charge in [-0.1, -0.05) is 13.3 Å². The summed E-state index contributed by atoms with van der Waals surface area (Å²) in [4.78, 5) is 14.2. The van der Waals surface area contributed by atoms with Crippen molar-refractivity contribution in [1.82, 2.24) is 4.90 Å². The Morgan fingerprint density at radius 2 is 2.04 bits per heavy atom. The first-order chi connectivity index (χ1) is 11.7. The van der Waals surface area contributed by atoms with E-state index in [-0.39, 0.29) is 5.63 Å². The number of hydrogen-bond acceptors (Lipinski definition) is 5. The highest BCUT2D eigenvalue weighted by Gasteiger charge is 2.13. The molecule has 0 saturated carbocycles. The molecular formula is C19H25NO4. The Hall–Kier alpha value is -1.85. The Kier molecular flexibility index (Phi) is 5.53. The molecular weight excluding hydrogens is 306 g/mol. The molecule has 130 valence electrons. The van der Waals surface area contributed by atoms with Crippen LogP contribution in [0.25, 0.3) is 11.0 Å². The Morgan fingerprint density at radius 3 is 2.79 bits per heavy atom. The second kappa shape index (κ2) is 7.81. The third kappa shape index (κ3) is 3.79. The van der Waals surface area contributed by atoms with Gasteiger partial charge in [-0.2, -0.15) is 0 Å². The Morgan fingerprint density at radius 1 is 1.25 bits per heavy atom. The molecule has 0 aliphatic carbocycles. The molecule has 2 aromatic rings.